The van der Waals surface area contributed by atoms with Gasteiger partial charge in [-0.25, -0.2) is 0 Å². The number of piperidine rings is 1. The quantitative estimate of drug-likeness (QED) is 0.707. The number of amides is 1. The molecule has 2 N–H and O–H groups in total. The Labute approximate surface area is 130 Å². The van der Waals surface area contributed by atoms with Gasteiger partial charge in [-0.3, -0.25) is 9.69 Å². The third-order valence-corrected chi connectivity index (χ3v) is 5.18. The van der Waals surface area contributed by atoms with Crippen LogP contribution in [0, 0.1) is 5.92 Å². The molecule has 2 aliphatic heterocycles. The van der Waals surface area contributed by atoms with Crippen molar-refractivity contribution in [1.82, 2.24) is 15.5 Å². The van der Waals surface area contributed by atoms with Crippen molar-refractivity contribution in [2.75, 3.05) is 26.2 Å². The third kappa shape index (κ3) is 4.68. The van der Waals surface area contributed by atoms with Gasteiger partial charge in [0.2, 0.25) is 5.91 Å². The van der Waals surface area contributed by atoms with Gasteiger partial charge in [0.05, 0.1) is 6.04 Å². The summed E-state index contributed by atoms with van der Waals surface area (Å²) < 4.78 is 0. The smallest absolute Gasteiger partial charge is 0.237 e. The lowest BCUT2D eigenvalue weighted by molar-refractivity contribution is -0.126. The van der Waals surface area contributed by atoms with Crippen LogP contribution in [0.2, 0.25) is 0 Å². The molecule has 3 atom stereocenters. The fourth-order valence-corrected chi connectivity index (χ4v) is 3.89. The van der Waals surface area contributed by atoms with Crippen LogP contribution in [-0.4, -0.2) is 49.1 Å². The summed E-state index contributed by atoms with van der Waals surface area (Å²) in [5.41, 5.74) is 0. The fraction of sp³-hybridized carbons (Fsp3) is 0.941. The SMILES string of the molecule is CCCCCNC(=O)C(C)N1CCCC1C1CCCNC1. The maximum atomic E-state index is 12.4. The average Bonchev–Trinajstić information content (AvgIpc) is 3.01. The van der Waals surface area contributed by atoms with E-state index in [1.54, 1.807) is 0 Å². The van der Waals surface area contributed by atoms with Gasteiger partial charge in [-0.1, -0.05) is 19.8 Å². The normalized spacial score (nSPS) is 28.5. The Balaban J connectivity index is 1.81. The minimum atomic E-state index is 0.0288. The molecule has 0 aromatic carbocycles. The van der Waals surface area contributed by atoms with Crippen molar-refractivity contribution in [3.8, 4) is 0 Å². The number of nitrogens with zero attached hydrogens (tertiary/aromatic N) is 1. The van der Waals surface area contributed by atoms with Crippen LogP contribution in [0.3, 0.4) is 0 Å². The van der Waals surface area contributed by atoms with E-state index in [-0.39, 0.29) is 11.9 Å². The molecule has 0 saturated carbocycles. The van der Waals surface area contributed by atoms with E-state index >= 15 is 0 Å². The molecular weight excluding hydrogens is 262 g/mol. The molecular formula is C17H33N3O. The van der Waals surface area contributed by atoms with Gasteiger partial charge in [0.1, 0.15) is 0 Å². The molecule has 2 saturated heterocycles. The first-order chi connectivity index (χ1) is 10.2. The lowest BCUT2D eigenvalue weighted by atomic mass is 9.89. The van der Waals surface area contributed by atoms with Gasteiger partial charge >= 0.3 is 0 Å². The lowest BCUT2D eigenvalue weighted by Crippen LogP contribution is -2.51. The highest BCUT2D eigenvalue weighted by atomic mass is 16.2. The van der Waals surface area contributed by atoms with E-state index in [1.807, 2.05) is 0 Å². The summed E-state index contributed by atoms with van der Waals surface area (Å²) in [6, 6.07) is 0.634. The first-order valence-electron chi connectivity index (χ1n) is 8.98. The first kappa shape index (κ1) is 16.8. The monoisotopic (exact) mass is 295 g/mol. The molecule has 0 aromatic rings. The highest BCUT2D eigenvalue weighted by molar-refractivity contribution is 5.81. The van der Waals surface area contributed by atoms with Crippen molar-refractivity contribution in [2.24, 2.45) is 5.92 Å². The summed E-state index contributed by atoms with van der Waals surface area (Å²) in [7, 11) is 0. The summed E-state index contributed by atoms with van der Waals surface area (Å²) in [4.78, 5) is 14.8. The maximum absolute atomic E-state index is 12.4. The van der Waals surface area contributed by atoms with E-state index in [9.17, 15) is 4.79 Å². The molecule has 2 rings (SSSR count). The van der Waals surface area contributed by atoms with E-state index < -0.39 is 0 Å². The molecule has 0 spiro atoms. The van der Waals surface area contributed by atoms with Crippen LogP contribution in [0.4, 0.5) is 0 Å². The van der Waals surface area contributed by atoms with Crippen LogP contribution < -0.4 is 10.6 Å². The van der Waals surface area contributed by atoms with Crippen LogP contribution in [-0.2, 0) is 4.79 Å². The number of carbonyl (C=O) groups is 1. The summed E-state index contributed by atoms with van der Waals surface area (Å²) >= 11 is 0. The second-order valence-corrected chi connectivity index (χ2v) is 6.73. The van der Waals surface area contributed by atoms with Crippen LogP contribution in [0.5, 0.6) is 0 Å². The topological polar surface area (TPSA) is 44.4 Å². The van der Waals surface area contributed by atoms with Gasteiger partial charge in [-0.05, 0) is 64.6 Å². The van der Waals surface area contributed by atoms with Crippen molar-refractivity contribution < 1.29 is 4.79 Å². The number of carbonyl (C=O) groups excluding carboxylic acids is 1. The van der Waals surface area contributed by atoms with Crippen molar-refractivity contribution in [1.29, 1.82) is 0 Å². The molecule has 2 fully saturated rings. The Morgan fingerprint density at radius 3 is 2.90 bits per heavy atom. The molecule has 0 aliphatic carbocycles. The van der Waals surface area contributed by atoms with Gasteiger partial charge in [-0.2, -0.15) is 0 Å². The third-order valence-electron chi connectivity index (χ3n) is 5.18. The molecule has 4 heteroatoms. The summed E-state index contributed by atoms with van der Waals surface area (Å²) in [6.45, 7) is 8.50. The average molecular weight is 295 g/mol. The lowest BCUT2D eigenvalue weighted by Gasteiger charge is -2.37. The number of nitrogens with one attached hydrogen (secondary N) is 2. The van der Waals surface area contributed by atoms with E-state index in [1.165, 1.54) is 38.5 Å². The summed E-state index contributed by atoms with van der Waals surface area (Å²) in [5, 5.41) is 6.64. The van der Waals surface area contributed by atoms with Crippen LogP contribution >= 0.6 is 0 Å². The van der Waals surface area contributed by atoms with Gasteiger partial charge in [0.25, 0.3) is 0 Å². The molecule has 2 aliphatic rings. The highest BCUT2D eigenvalue weighted by Crippen LogP contribution is 2.29. The molecule has 4 nitrogen and oxygen atoms in total. The zero-order valence-corrected chi connectivity index (χ0v) is 13.9. The Hall–Kier alpha value is -0.610. The molecule has 0 aromatic heterocycles. The standard InChI is InChI=1S/C17H33N3O/c1-3-4-5-11-19-17(21)14(2)20-12-7-9-16(20)15-8-6-10-18-13-15/h14-16,18H,3-13H2,1-2H3,(H,19,21). The Kier molecular flexibility index (Phi) is 6.97. The number of unbranched alkanes of at least 4 members (excludes halogenated alkanes) is 2. The molecule has 0 bridgehead atoms. The molecule has 3 unspecified atom stereocenters. The van der Waals surface area contributed by atoms with Gasteiger partial charge in [0.15, 0.2) is 0 Å². The van der Waals surface area contributed by atoms with Crippen LogP contribution in [0.15, 0.2) is 0 Å². The molecule has 0 radical (unpaired) electrons. The predicted octanol–water partition coefficient (Wildman–Crippen LogP) is 2.15. The second-order valence-electron chi connectivity index (χ2n) is 6.73. The van der Waals surface area contributed by atoms with Crippen molar-refractivity contribution in [3.05, 3.63) is 0 Å². The van der Waals surface area contributed by atoms with Crippen LogP contribution in [0.1, 0.15) is 58.8 Å². The Morgan fingerprint density at radius 1 is 1.33 bits per heavy atom. The van der Waals surface area contributed by atoms with E-state index in [0.717, 1.165) is 38.5 Å². The fourth-order valence-electron chi connectivity index (χ4n) is 3.89. The number of likely N-dealkylation sites (tertiary alicyclic amines) is 1. The van der Waals surface area contributed by atoms with Crippen molar-refractivity contribution in [2.45, 2.75) is 70.9 Å². The largest absolute Gasteiger partial charge is 0.355 e. The van der Waals surface area contributed by atoms with E-state index in [0.29, 0.717) is 6.04 Å². The number of rotatable bonds is 7. The molecule has 21 heavy (non-hydrogen) atoms. The number of hydrogen-bond donors (Lipinski definition) is 2. The Morgan fingerprint density at radius 2 is 2.19 bits per heavy atom. The maximum Gasteiger partial charge on any atom is 0.237 e. The summed E-state index contributed by atoms with van der Waals surface area (Å²) in [5.74, 6) is 0.957. The minimum Gasteiger partial charge on any atom is -0.355 e. The van der Waals surface area contributed by atoms with Crippen molar-refractivity contribution in [3.63, 3.8) is 0 Å². The van der Waals surface area contributed by atoms with Crippen molar-refractivity contribution >= 4 is 5.91 Å². The van der Waals surface area contributed by atoms with Gasteiger partial charge < -0.3 is 10.6 Å². The van der Waals surface area contributed by atoms with E-state index in [2.05, 4.69) is 29.4 Å². The minimum absolute atomic E-state index is 0.0288. The first-order valence-corrected chi connectivity index (χ1v) is 8.98. The molecule has 122 valence electrons. The van der Waals surface area contributed by atoms with Gasteiger partial charge in [0, 0.05) is 12.6 Å². The predicted molar refractivity (Wildman–Crippen MR) is 87.3 cm³/mol. The zero-order valence-electron chi connectivity index (χ0n) is 13.9. The summed E-state index contributed by atoms with van der Waals surface area (Å²) in [6.07, 6.45) is 8.62. The molecule has 1 amide bonds. The zero-order chi connectivity index (χ0) is 15.1. The second kappa shape index (κ2) is 8.74. The molecule has 2 heterocycles. The van der Waals surface area contributed by atoms with E-state index in [4.69, 9.17) is 0 Å². The van der Waals surface area contributed by atoms with Crippen LogP contribution in [0.25, 0.3) is 0 Å². The Bertz CT molecular complexity index is 315. The highest BCUT2D eigenvalue weighted by Gasteiger charge is 2.36. The number of hydrogen-bond acceptors (Lipinski definition) is 3. The van der Waals surface area contributed by atoms with Gasteiger partial charge in [-0.15, -0.1) is 0 Å².